The minimum atomic E-state index is -1.65. The zero-order chi connectivity index (χ0) is 9.19. The summed E-state index contributed by atoms with van der Waals surface area (Å²) in [5, 5.41) is 2.51. The number of amides is 1. The Morgan fingerprint density at radius 2 is 2.42 bits per heavy atom. The van der Waals surface area contributed by atoms with Gasteiger partial charge in [0.05, 0.1) is 0 Å². The van der Waals surface area contributed by atoms with Crippen LogP contribution in [0.15, 0.2) is 0 Å². The van der Waals surface area contributed by atoms with Crippen molar-refractivity contribution in [2.45, 2.75) is 19.0 Å². The molecule has 0 aromatic rings. The standard InChI is InChI=1S/C8H15FN2O/c1-3-10-7(12)8(9)4-5-11(2)6-8/h3-6H2,1-2H3,(H,10,12)/t8-/m0/s1. The molecule has 1 heterocycles. The molecule has 1 N–H and O–H groups in total. The summed E-state index contributed by atoms with van der Waals surface area (Å²) in [4.78, 5) is 13.0. The quantitative estimate of drug-likeness (QED) is 0.647. The molecular weight excluding hydrogens is 159 g/mol. The van der Waals surface area contributed by atoms with Crippen LogP contribution in [-0.4, -0.2) is 43.2 Å². The predicted molar refractivity (Wildman–Crippen MR) is 44.6 cm³/mol. The lowest BCUT2D eigenvalue weighted by atomic mass is 10.1. The van der Waals surface area contributed by atoms with Crippen LogP contribution in [0.5, 0.6) is 0 Å². The summed E-state index contributed by atoms with van der Waals surface area (Å²) < 4.78 is 13.7. The Morgan fingerprint density at radius 3 is 2.83 bits per heavy atom. The van der Waals surface area contributed by atoms with Gasteiger partial charge in [0.25, 0.3) is 5.91 Å². The summed E-state index contributed by atoms with van der Waals surface area (Å²) in [5.74, 6) is -0.464. The van der Waals surface area contributed by atoms with Crippen molar-refractivity contribution in [2.75, 3.05) is 26.7 Å². The van der Waals surface area contributed by atoms with Gasteiger partial charge in [-0.2, -0.15) is 0 Å². The first-order valence-electron chi connectivity index (χ1n) is 4.24. The summed E-state index contributed by atoms with van der Waals surface area (Å²) in [7, 11) is 1.82. The van der Waals surface area contributed by atoms with Gasteiger partial charge in [0.1, 0.15) is 0 Å². The van der Waals surface area contributed by atoms with Crippen molar-refractivity contribution in [3.63, 3.8) is 0 Å². The Morgan fingerprint density at radius 1 is 1.75 bits per heavy atom. The molecule has 1 fully saturated rings. The van der Waals surface area contributed by atoms with Crippen LogP contribution in [-0.2, 0) is 4.79 Å². The number of nitrogens with one attached hydrogen (secondary N) is 1. The van der Waals surface area contributed by atoms with Gasteiger partial charge in [-0.05, 0) is 14.0 Å². The normalized spacial score (nSPS) is 30.6. The van der Waals surface area contributed by atoms with Gasteiger partial charge in [-0.1, -0.05) is 0 Å². The minimum Gasteiger partial charge on any atom is -0.354 e. The fourth-order valence-electron chi connectivity index (χ4n) is 1.46. The van der Waals surface area contributed by atoms with Crippen LogP contribution in [0.1, 0.15) is 13.3 Å². The maximum atomic E-state index is 13.7. The summed E-state index contributed by atoms with van der Waals surface area (Å²) in [6.07, 6.45) is 0.315. The number of rotatable bonds is 2. The van der Waals surface area contributed by atoms with Gasteiger partial charge in [-0.15, -0.1) is 0 Å². The van der Waals surface area contributed by atoms with E-state index in [-0.39, 0.29) is 6.54 Å². The molecule has 1 saturated heterocycles. The average molecular weight is 174 g/mol. The molecule has 1 aliphatic rings. The Bertz CT molecular complexity index is 186. The largest absolute Gasteiger partial charge is 0.354 e. The van der Waals surface area contributed by atoms with Gasteiger partial charge in [-0.25, -0.2) is 4.39 Å². The van der Waals surface area contributed by atoms with Crippen LogP contribution in [0, 0.1) is 0 Å². The third-order valence-corrected chi connectivity index (χ3v) is 2.15. The monoisotopic (exact) mass is 174 g/mol. The number of hydrogen-bond acceptors (Lipinski definition) is 2. The second-order valence-electron chi connectivity index (χ2n) is 3.31. The molecule has 0 bridgehead atoms. The van der Waals surface area contributed by atoms with Crippen molar-refractivity contribution in [3.8, 4) is 0 Å². The van der Waals surface area contributed by atoms with Crippen LogP contribution < -0.4 is 5.32 Å². The van der Waals surface area contributed by atoms with Gasteiger partial charge in [0.15, 0.2) is 0 Å². The molecule has 0 radical (unpaired) electrons. The predicted octanol–water partition coefficient (Wildman–Crippen LogP) is 0.166. The van der Waals surface area contributed by atoms with E-state index in [0.717, 1.165) is 0 Å². The molecular formula is C8H15FN2O. The summed E-state index contributed by atoms with van der Waals surface area (Å²) >= 11 is 0. The minimum absolute atomic E-state index is 0.221. The van der Waals surface area contributed by atoms with Crippen LogP contribution in [0.2, 0.25) is 0 Å². The highest BCUT2D eigenvalue weighted by molar-refractivity contribution is 5.85. The highest BCUT2D eigenvalue weighted by Crippen LogP contribution is 2.24. The summed E-state index contributed by atoms with van der Waals surface area (Å²) in [6.45, 7) is 3.17. The number of carbonyl (C=O) groups is 1. The van der Waals surface area contributed by atoms with E-state index in [9.17, 15) is 9.18 Å². The number of carbonyl (C=O) groups excluding carboxylic acids is 1. The number of hydrogen-bond donors (Lipinski definition) is 1. The zero-order valence-electron chi connectivity index (χ0n) is 7.56. The van der Waals surface area contributed by atoms with Gasteiger partial charge in [0.2, 0.25) is 5.67 Å². The van der Waals surface area contributed by atoms with E-state index >= 15 is 0 Å². The lowest BCUT2D eigenvalue weighted by molar-refractivity contribution is -0.131. The number of alkyl halides is 1. The molecule has 0 aliphatic carbocycles. The van der Waals surface area contributed by atoms with Gasteiger partial charge in [0, 0.05) is 26.1 Å². The highest BCUT2D eigenvalue weighted by atomic mass is 19.1. The SMILES string of the molecule is CCNC(=O)[C@]1(F)CCN(C)C1. The van der Waals surface area contributed by atoms with Gasteiger partial charge in [-0.3, -0.25) is 4.79 Å². The lowest BCUT2D eigenvalue weighted by Crippen LogP contribution is -2.44. The third kappa shape index (κ3) is 1.75. The van der Waals surface area contributed by atoms with Gasteiger partial charge >= 0.3 is 0 Å². The molecule has 1 amide bonds. The second-order valence-corrected chi connectivity index (χ2v) is 3.31. The molecule has 0 aromatic heterocycles. The molecule has 12 heavy (non-hydrogen) atoms. The first-order chi connectivity index (χ1) is 5.58. The van der Waals surface area contributed by atoms with E-state index in [1.165, 1.54) is 0 Å². The summed E-state index contributed by atoms with van der Waals surface area (Å²) in [6, 6.07) is 0. The smallest absolute Gasteiger partial charge is 0.259 e. The molecule has 0 spiro atoms. The molecule has 1 aliphatic heterocycles. The van der Waals surface area contributed by atoms with Crippen LogP contribution in [0.25, 0.3) is 0 Å². The zero-order valence-corrected chi connectivity index (χ0v) is 7.56. The van der Waals surface area contributed by atoms with Crippen molar-refractivity contribution >= 4 is 5.91 Å². The number of nitrogens with zero attached hydrogens (tertiary/aromatic N) is 1. The van der Waals surface area contributed by atoms with Crippen LogP contribution >= 0.6 is 0 Å². The lowest BCUT2D eigenvalue weighted by Gasteiger charge is -2.17. The second kappa shape index (κ2) is 3.39. The first kappa shape index (κ1) is 9.45. The average Bonchev–Trinajstić information content (AvgIpc) is 2.33. The highest BCUT2D eigenvalue weighted by Gasteiger charge is 2.43. The van der Waals surface area contributed by atoms with E-state index in [2.05, 4.69) is 5.32 Å². The molecule has 0 unspecified atom stereocenters. The molecule has 0 aromatic carbocycles. The van der Waals surface area contributed by atoms with E-state index in [1.54, 1.807) is 6.92 Å². The maximum Gasteiger partial charge on any atom is 0.259 e. The number of likely N-dealkylation sites (tertiary alicyclic amines) is 1. The Balaban J connectivity index is 2.54. The van der Waals surface area contributed by atoms with E-state index in [0.29, 0.717) is 19.5 Å². The molecule has 0 saturated carbocycles. The fourth-order valence-corrected chi connectivity index (χ4v) is 1.46. The van der Waals surface area contributed by atoms with E-state index in [1.807, 2.05) is 11.9 Å². The Labute approximate surface area is 71.9 Å². The summed E-state index contributed by atoms with van der Waals surface area (Å²) in [5.41, 5.74) is -1.65. The maximum absolute atomic E-state index is 13.7. The Kier molecular flexibility index (Phi) is 2.67. The van der Waals surface area contributed by atoms with Crippen molar-refractivity contribution < 1.29 is 9.18 Å². The van der Waals surface area contributed by atoms with Crippen molar-refractivity contribution in [3.05, 3.63) is 0 Å². The van der Waals surface area contributed by atoms with Crippen molar-refractivity contribution in [1.29, 1.82) is 0 Å². The van der Waals surface area contributed by atoms with E-state index in [4.69, 9.17) is 0 Å². The van der Waals surface area contributed by atoms with Crippen LogP contribution in [0.4, 0.5) is 4.39 Å². The van der Waals surface area contributed by atoms with E-state index < -0.39 is 11.6 Å². The molecule has 1 rings (SSSR count). The molecule has 70 valence electrons. The van der Waals surface area contributed by atoms with Crippen LogP contribution in [0.3, 0.4) is 0 Å². The Hall–Kier alpha value is -0.640. The number of halogens is 1. The topological polar surface area (TPSA) is 32.3 Å². The fraction of sp³-hybridized carbons (Fsp3) is 0.875. The van der Waals surface area contributed by atoms with Gasteiger partial charge < -0.3 is 10.2 Å². The third-order valence-electron chi connectivity index (χ3n) is 2.15. The molecule has 4 heteroatoms. The first-order valence-corrected chi connectivity index (χ1v) is 4.24. The van der Waals surface area contributed by atoms with Crippen molar-refractivity contribution in [1.82, 2.24) is 10.2 Å². The molecule has 1 atom stereocenters. The van der Waals surface area contributed by atoms with Crippen molar-refractivity contribution in [2.24, 2.45) is 0 Å². The molecule has 3 nitrogen and oxygen atoms in total.